The molecule has 1 aromatic carbocycles. The van der Waals surface area contributed by atoms with Crippen molar-refractivity contribution in [2.24, 2.45) is 5.84 Å². The van der Waals surface area contributed by atoms with Crippen molar-refractivity contribution in [3.05, 3.63) is 30.3 Å². The summed E-state index contributed by atoms with van der Waals surface area (Å²) in [5, 5.41) is 0. The van der Waals surface area contributed by atoms with Crippen LogP contribution < -0.4 is 16.0 Å². The van der Waals surface area contributed by atoms with E-state index in [2.05, 4.69) is 4.62 Å². The number of hydrogen-bond acceptors (Lipinski definition) is 5. The minimum absolute atomic E-state index is 0.467. The summed E-state index contributed by atoms with van der Waals surface area (Å²) in [6.07, 6.45) is 0. The lowest BCUT2D eigenvalue weighted by Gasteiger charge is -1.89. The first-order valence-corrected chi connectivity index (χ1v) is 4.25. The predicted octanol–water partition coefficient (Wildman–Crippen LogP) is 1.12. The Hall–Kier alpha value is -1.00. The van der Waals surface area contributed by atoms with E-state index < -0.39 is 8.25 Å². The van der Waals surface area contributed by atoms with Gasteiger partial charge >= 0.3 is 8.25 Å². The van der Waals surface area contributed by atoms with Crippen LogP contribution in [0, 0.1) is 0 Å². The van der Waals surface area contributed by atoms with E-state index in [0.717, 1.165) is 0 Å². The van der Waals surface area contributed by atoms with Crippen LogP contribution in [0.1, 0.15) is 0 Å². The fourth-order valence-electron chi connectivity index (χ4n) is 0.629. The van der Waals surface area contributed by atoms with Crippen molar-refractivity contribution >= 4 is 8.25 Å². The van der Waals surface area contributed by atoms with E-state index in [1.807, 2.05) is 6.07 Å². The summed E-state index contributed by atoms with van der Waals surface area (Å²) in [6, 6.07) is 8.66. The molecule has 0 aliphatic heterocycles. The molecule has 0 amide bonds. The Morgan fingerprint density at radius 3 is 2.58 bits per heavy atom. The quantitative estimate of drug-likeness (QED) is 0.419. The Bertz CT molecular complexity index is 254. The molecule has 1 aromatic rings. The van der Waals surface area contributed by atoms with Gasteiger partial charge in [-0.1, -0.05) is 23.8 Å². The van der Waals surface area contributed by atoms with Crippen LogP contribution in [0.25, 0.3) is 0 Å². The fourth-order valence-corrected chi connectivity index (χ4v) is 1.05. The third kappa shape index (κ3) is 2.94. The number of hydrazine groups is 1. The van der Waals surface area contributed by atoms with Gasteiger partial charge in [0.05, 0.1) is 0 Å². The van der Waals surface area contributed by atoms with E-state index in [-0.39, 0.29) is 0 Å². The molecule has 0 fully saturated rings. The zero-order chi connectivity index (χ0) is 8.81. The lowest BCUT2D eigenvalue weighted by Crippen LogP contribution is -2.18. The minimum Gasteiger partial charge on any atom is -0.244 e. The molecular weight excluding hydrogens is 179 g/mol. The maximum absolute atomic E-state index is 10.8. The Labute approximate surface area is 70.4 Å². The van der Waals surface area contributed by atoms with Crippen LogP contribution in [0.15, 0.2) is 30.3 Å². The number of nitrogens with two attached hydrogens (primary N) is 1. The number of benzene rings is 1. The van der Waals surface area contributed by atoms with Gasteiger partial charge < -0.3 is 0 Å². The van der Waals surface area contributed by atoms with Crippen molar-refractivity contribution in [3.8, 4) is 5.75 Å². The van der Waals surface area contributed by atoms with Crippen LogP contribution in [0.4, 0.5) is 0 Å². The van der Waals surface area contributed by atoms with Gasteiger partial charge in [-0.15, -0.1) is 0 Å². The molecule has 0 bridgehead atoms. The van der Waals surface area contributed by atoms with Crippen LogP contribution in [0.3, 0.4) is 0 Å². The van der Waals surface area contributed by atoms with E-state index in [4.69, 9.17) is 10.4 Å². The first kappa shape index (κ1) is 9.09. The summed E-state index contributed by atoms with van der Waals surface area (Å²) in [7, 11) is -2.24. The second kappa shape index (κ2) is 4.79. The van der Waals surface area contributed by atoms with Crippen LogP contribution in [0.2, 0.25) is 0 Å². The molecular formula is C6H8N2O3P+. The van der Waals surface area contributed by atoms with Gasteiger partial charge in [0.1, 0.15) is 0 Å². The van der Waals surface area contributed by atoms with E-state index >= 15 is 0 Å². The van der Waals surface area contributed by atoms with Crippen molar-refractivity contribution < 1.29 is 13.7 Å². The third-order valence-corrected chi connectivity index (χ3v) is 1.66. The first-order valence-electron chi connectivity index (χ1n) is 3.16. The van der Waals surface area contributed by atoms with E-state index in [9.17, 15) is 4.57 Å². The molecule has 0 aliphatic carbocycles. The van der Waals surface area contributed by atoms with Gasteiger partial charge in [0.15, 0.2) is 5.75 Å². The maximum atomic E-state index is 10.8. The highest BCUT2D eigenvalue weighted by atomic mass is 31.1. The van der Waals surface area contributed by atoms with Gasteiger partial charge in [0, 0.05) is 9.19 Å². The normalized spacial score (nSPS) is 10.9. The van der Waals surface area contributed by atoms with Gasteiger partial charge in [0.25, 0.3) is 0 Å². The van der Waals surface area contributed by atoms with Crippen molar-refractivity contribution in [3.63, 3.8) is 0 Å². The van der Waals surface area contributed by atoms with E-state index in [1.165, 1.54) is 0 Å². The lowest BCUT2D eigenvalue weighted by atomic mass is 10.3. The highest BCUT2D eigenvalue weighted by molar-refractivity contribution is 7.33. The lowest BCUT2D eigenvalue weighted by molar-refractivity contribution is 0.187. The third-order valence-electron chi connectivity index (χ3n) is 1.05. The van der Waals surface area contributed by atoms with Crippen molar-refractivity contribution in [2.75, 3.05) is 0 Å². The Morgan fingerprint density at radius 2 is 2.00 bits per heavy atom. The first-order chi connectivity index (χ1) is 5.83. The molecule has 0 saturated carbocycles. The smallest absolute Gasteiger partial charge is 0.244 e. The molecule has 0 heterocycles. The van der Waals surface area contributed by atoms with Crippen LogP contribution in [-0.4, -0.2) is 0 Å². The SMILES string of the molecule is NNO[P+](=O)Oc1ccccc1. The summed E-state index contributed by atoms with van der Waals surface area (Å²) in [4.78, 5) is 0. The molecule has 12 heavy (non-hydrogen) atoms. The predicted molar refractivity (Wildman–Crippen MR) is 43.1 cm³/mol. The van der Waals surface area contributed by atoms with Crippen LogP contribution in [-0.2, 0) is 9.19 Å². The summed E-state index contributed by atoms with van der Waals surface area (Å²) in [5.41, 5.74) is 1.78. The monoisotopic (exact) mass is 187 g/mol. The molecule has 0 spiro atoms. The Morgan fingerprint density at radius 1 is 1.33 bits per heavy atom. The molecule has 64 valence electrons. The Balaban J connectivity index is 2.47. The zero-order valence-electron chi connectivity index (χ0n) is 6.14. The number of hydrogen-bond donors (Lipinski definition) is 2. The summed E-state index contributed by atoms with van der Waals surface area (Å²) >= 11 is 0. The van der Waals surface area contributed by atoms with Gasteiger partial charge in [0.2, 0.25) is 0 Å². The molecule has 3 N–H and O–H groups in total. The second-order valence-corrected chi connectivity index (χ2v) is 2.65. The van der Waals surface area contributed by atoms with Crippen molar-refractivity contribution in [2.45, 2.75) is 0 Å². The molecule has 1 unspecified atom stereocenters. The second-order valence-electron chi connectivity index (χ2n) is 1.84. The topological polar surface area (TPSA) is 73.6 Å². The molecule has 1 rings (SSSR count). The number of nitrogens with one attached hydrogen (secondary N) is 1. The van der Waals surface area contributed by atoms with Crippen LogP contribution >= 0.6 is 8.25 Å². The summed E-state index contributed by atoms with van der Waals surface area (Å²) in [5.74, 6) is 5.21. The van der Waals surface area contributed by atoms with Crippen molar-refractivity contribution in [1.29, 1.82) is 0 Å². The number of rotatable bonds is 4. The Kier molecular flexibility index (Phi) is 3.63. The summed E-state index contributed by atoms with van der Waals surface area (Å²) < 4.78 is 19.8. The average molecular weight is 187 g/mol. The van der Waals surface area contributed by atoms with Gasteiger partial charge in [-0.05, 0) is 12.1 Å². The molecule has 0 radical (unpaired) electrons. The molecule has 0 saturated heterocycles. The van der Waals surface area contributed by atoms with Gasteiger partial charge in [-0.2, -0.15) is 0 Å². The van der Waals surface area contributed by atoms with Crippen molar-refractivity contribution in [1.82, 2.24) is 5.59 Å². The molecule has 1 atom stereocenters. The van der Waals surface area contributed by atoms with Gasteiger partial charge in [-0.25, -0.2) is 10.4 Å². The molecule has 6 heteroatoms. The van der Waals surface area contributed by atoms with E-state index in [1.54, 1.807) is 29.9 Å². The molecule has 0 aliphatic rings. The average Bonchev–Trinajstić information content (AvgIpc) is 2.06. The minimum atomic E-state index is -2.24. The van der Waals surface area contributed by atoms with Gasteiger partial charge in [-0.3, -0.25) is 0 Å². The maximum Gasteiger partial charge on any atom is 0.770 e. The number of para-hydroxylation sites is 1. The molecule has 0 aromatic heterocycles. The van der Waals surface area contributed by atoms with Crippen LogP contribution in [0.5, 0.6) is 5.75 Å². The zero-order valence-corrected chi connectivity index (χ0v) is 7.03. The molecule has 5 nitrogen and oxygen atoms in total. The standard InChI is InChI=1S/C6H8N2O3P/c7-8-11-12(9)10-6-4-2-1-3-5-6/h1-5,8H,7H2/q+1. The van der Waals surface area contributed by atoms with E-state index in [0.29, 0.717) is 5.75 Å². The summed E-state index contributed by atoms with van der Waals surface area (Å²) in [6.45, 7) is 0. The highest BCUT2D eigenvalue weighted by Gasteiger charge is 2.21. The highest BCUT2D eigenvalue weighted by Crippen LogP contribution is 2.25. The fraction of sp³-hybridized carbons (Fsp3) is 0. The largest absolute Gasteiger partial charge is 0.770 e.